The maximum absolute atomic E-state index is 12.3. The number of nitrogens with zero attached hydrogens (tertiary/aromatic N) is 1. The van der Waals surface area contributed by atoms with E-state index in [0.717, 1.165) is 23.1 Å². The third kappa shape index (κ3) is 3.68. The lowest BCUT2D eigenvalue weighted by molar-refractivity contribution is 0.447. The topological polar surface area (TPSA) is 40.9 Å². The first-order chi connectivity index (χ1) is 9.52. The highest BCUT2D eigenvalue weighted by atomic mass is 32.2. The first-order valence-corrected chi connectivity index (χ1v) is 8.12. The summed E-state index contributed by atoms with van der Waals surface area (Å²) in [5.74, 6) is 0.615. The zero-order valence-corrected chi connectivity index (χ0v) is 12.7. The minimum atomic E-state index is -0.986. The zero-order valence-electron chi connectivity index (χ0n) is 11.9. The number of rotatable bonds is 5. The second kappa shape index (κ2) is 6.19. The normalized spacial score (nSPS) is 13.1. The van der Waals surface area contributed by atoms with Crippen molar-refractivity contribution in [3.8, 4) is 6.07 Å². The summed E-state index contributed by atoms with van der Waals surface area (Å²) in [6.45, 7) is 3.85. The lowest BCUT2D eigenvalue weighted by atomic mass is 9.90. The smallest absolute Gasteiger partial charge is 0.0683 e. The number of hydrogen-bond donors (Lipinski definition) is 0. The van der Waals surface area contributed by atoms with Gasteiger partial charge in [-0.15, -0.1) is 0 Å². The van der Waals surface area contributed by atoms with Crippen molar-refractivity contribution in [2.75, 3.05) is 5.75 Å². The fraction of sp³-hybridized carbons (Fsp3) is 0.353. The van der Waals surface area contributed by atoms with Crippen LogP contribution in [0.2, 0.25) is 0 Å². The Bertz CT molecular complexity index is 670. The third-order valence-electron chi connectivity index (χ3n) is 3.42. The average Bonchev–Trinajstić information content (AvgIpc) is 2.46. The molecule has 2 rings (SSSR count). The van der Waals surface area contributed by atoms with Crippen LogP contribution in [0, 0.1) is 16.7 Å². The second-order valence-corrected chi connectivity index (χ2v) is 7.23. The van der Waals surface area contributed by atoms with E-state index in [2.05, 4.69) is 12.1 Å². The van der Waals surface area contributed by atoms with Crippen molar-refractivity contribution in [1.29, 1.82) is 5.26 Å². The van der Waals surface area contributed by atoms with E-state index < -0.39 is 10.8 Å². The van der Waals surface area contributed by atoms with Gasteiger partial charge in [0.1, 0.15) is 0 Å². The van der Waals surface area contributed by atoms with Crippen LogP contribution < -0.4 is 0 Å². The van der Waals surface area contributed by atoms with Gasteiger partial charge in [-0.1, -0.05) is 30.3 Å². The quantitative estimate of drug-likeness (QED) is 0.822. The molecule has 0 aliphatic heterocycles. The standard InChI is InChI=1S/C17H19NOS/c1-17(2,13-18)10-5-11-20(19)16-9-8-14-6-3-4-7-15(14)12-16/h3-4,6-9,12H,5,10-11H2,1-2H3. The van der Waals surface area contributed by atoms with Crippen molar-refractivity contribution >= 4 is 21.6 Å². The van der Waals surface area contributed by atoms with E-state index in [1.54, 1.807) is 0 Å². The molecule has 20 heavy (non-hydrogen) atoms. The molecule has 0 saturated carbocycles. The fourth-order valence-electron chi connectivity index (χ4n) is 2.13. The van der Waals surface area contributed by atoms with Crippen LogP contribution in [0.1, 0.15) is 26.7 Å². The van der Waals surface area contributed by atoms with Crippen LogP contribution in [0.25, 0.3) is 10.8 Å². The van der Waals surface area contributed by atoms with Gasteiger partial charge in [-0.25, -0.2) is 0 Å². The highest BCUT2D eigenvalue weighted by Crippen LogP contribution is 2.22. The molecular weight excluding hydrogens is 266 g/mol. The van der Waals surface area contributed by atoms with Gasteiger partial charge in [0.2, 0.25) is 0 Å². The van der Waals surface area contributed by atoms with Crippen molar-refractivity contribution in [2.45, 2.75) is 31.6 Å². The first kappa shape index (κ1) is 14.7. The van der Waals surface area contributed by atoms with Crippen LogP contribution in [0.15, 0.2) is 47.4 Å². The molecule has 0 saturated heterocycles. The summed E-state index contributed by atoms with van der Waals surface area (Å²) in [6, 6.07) is 16.3. The van der Waals surface area contributed by atoms with Gasteiger partial charge >= 0.3 is 0 Å². The van der Waals surface area contributed by atoms with E-state index in [0.29, 0.717) is 5.75 Å². The number of hydrogen-bond acceptors (Lipinski definition) is 2. The molecule has 0 radical (unpaired) electrons. The summed E-state index contributed by atoms with van der Waals surface area (Å²) in [4.78, 5) is 0.874. The predicted octanol–water partition coefficient (Wildman–Crippen LogP) is 4.28. The Kier molecular flexibility index (Phi) is 4.57. The lowest BCUT2D eigenvalue weighted by Gasteiger charge is -2.14. The van der Waals surface area contributed by atoms with Crippen LogP contribution in [0.4, 0.5) is 0 Å². The molecule has 0 amide bonds. The Morgan fingerprint density at radius 1 is 1.15 bits per heavy atom. The first-order valence-electron chi connectivity index (χ1n) is 6.80. The summed E-state index contributed by atoms with van der Waals surface area (Å²) in [6.07, 6.45) is 1.59. The van der Waals surface area contributed by atoms with Crippen LogP contribution >= 0.6 is 0 Å². The molecule has 2 nitrogen and oxygen atoms in total. The molecule has 1 atom stereocenters. The largest absolute Gasteiger partial charge is 0.254 e. The van der Waals surface area contributed by atoms with E-state index in [4.69, 9.17) is 5.26 Å². The Labute approximate surface area is 122 Å². The molecule has 0 spiro atoms. The lowest BCUT2D eigenvalue weighted by Crippen LogP contribution is -2.09. The highest BCUT2D eigenvalue weighted by Gasteiger charge is 2.16. The van der Waals surface area contributed by atoms with Gasteiger partial charge in [0.25, 0.3) is 0 Å². The molecule has 104 valence electrons. The minimum Gasteiger partial charge on any atom is -0.254 e. The van der Waals surface area contributed by atoms with Crippen molar-refractivity contribution < 1.29 is 4.21 Å². The molecule has 0 heterocycles. The minimum absolute atomic E-state index is 0.326. The highest BCUT2D eigenvalue weighted by molar-refractivity contribution is 7.85. The third-order valence-corrected chi connectivity index (χ3v) is 4.86. The molecule has 0 aliphatic rings. The van der Waals surface area contributed by atoms with Gasteiger partial charge in [-0.05, 0) is 49.6 Å². The molecule has 0 fully saturated rings. The van der Waals surface area contributed by atoms with E-state index in [1.165, 1.54) is 5.39 Å². The Morgan fingerprint density at radius 2 is 1.85 bits per heavy atom. The Morgan fingerprint density at radius 3 is 2.55 bits per heavy atom. The van der Waals surface area contributed by atoms with Crippen LogP contribution in [0.5, 0.6) is 0 Å². The number of nitriles is 1. The molecule has 0 aromatic heterocycles. The van der Waals surface area contributed by atoms with Gasteiger partial charge in [0, 0.05) is 10.6 Å². The second-order valence-electron chi connectivity index (χ2n) is 5.66. The SMILES string of the molecule is CC(C)(C#N)CCCS(=O)c1ccc2ccccc2c1. The molecule has 1 unspecified atom stereocenters. The van der Waals surface area contributed by atoms with Crippen molar-refractivity contribution in [3.63, 3.8) is 0 Å². The maximum atomic E-state index is 12.3. The molecule has 2 aromatic carbocycles. The molecule has 2 aromatic rings. The molecule has 3 heteroatoms. The summed E-state index contributed by atoms with van der Waals surface area (Å²) < 4.78 is 12.3. The van der Waals surface area contributed by atoms with Crippen molar-refractivity contribution in [2.24, 2.45) is 5.41 Å². The van der Waals surface area contributed by atoms with Gasteiger partial charge in [-0.2, -0.15) is 5.26 Å². The van der Waals surface area contributed by atoms with Gasteiger partial charge < -0.3 is 0 Å². The number of fused-ring (bicyclic) bond motifs is 1. The summed E-state index contributed by atoms with van der Waals surface area (Å²) in [5, 5.41) is 11.3. The molecule has 0 N–H and O–H groups in total. The zero-order chi connectivity index (χ0) is 14.6. The van der Waals surface area contributed by atoms with E-state index in [1.807, 2.05) is 50.2 Å². The van der Waals surface area contributed by atoms with Gasteiger partial charge in [-0.3, -0.25) is 4.21 Å². The summed E-state index contributed by atoms with van der Waals surface area (Å²) in [7, 11) is -0.986. The average molecular weight is 285 g/mol. The van der Waals surface area contributed by atoms with Crippen LogP contribution in [0.3, 0.4) is 0 Å². The summed E-state index contributed by atoms with van der Waals surface area (Å²) in [5.41, 5.74) is -0.326. The van der Waals surface area contributed by atoms with Crippen molar-refractivity contribution in [3.05, 3.63) is 42.5 Å². The predicted molar refractivity (Wildman–Crippen MR) is 83.9 cm³/mol. The van der Waals surface area contributed by atoms with E-state index in [9.17, 15) is 4.21 Å². The van der Waals surface area contributed by atoms with Crippen LogP contribution in [-0.2, 0) is 10.8 Å². The Balaban J connectivity index is 2.03. The van der Waals surface area contributed by atoms with E-state index in [-0.39, 0.29) is 5.41 Å². The molecular formula is C17H19NOS. The summed E-state index contributed by atoms with van der Waals surface area (Å²) >= 11 is 0. The van der Waals surface area contributed by atoms with Gasteiger partial charge in [0.05, 0.1) is 22.3 Å². The number of benzene rings is 2. The Hall–Kier alpha value is -1.66. The van der Waals surface area contributed by atoms with Crippen LogP contribution in [-0.4, -0.2) is 9.96 Å². The molecule has 0 bridgehead atoms. The van der Waals surface area contributed by atoms with Crippen molar-refractivity contribution in [1.82, 2.24) is 0 Å². The van der Waals surface area contributed by atoms with E-state index >= 15 is 0 Å². The fourth-order valence-corrected chi connectivity index (χ4v) is 3.25. The maximum Gasteiger partial charge on any atom is 0.0683 e. The van der Waals surface area contributed by atoms with Gasteiger partial charge in [0.15, 0.2) is 0 Å². The molecule has 0 aliphatic carbocycles. The monoisotopic (exact) mass is 285 g/mol.